The molecule has 1 atom stereocenters. The van der Waals surface area contributed by atoms with Gasteiger partial charge in [-0.15, -0.1) is 23.1 Å². The molecule has 1 aliphatic rings. The Morgan fingerprint density at radius 3 is 2.82 bits per heavy atom. The second-order valence-electron chi connectivity index (χ2n) is 8.62. The second kappa shape index (κ2) is 11.0. The van der Waals surface area contributed by atoms with E-state index >= 15 is 4.39 Å². The topological polar surface area (TPSA) is 62.7 Å². The molecule has 0 bridgehead atoms. The van der Waals surface area contributed by atoms with E-state index in [4.69, 9.17) is 4.74 Å². The highest BCUT2D eigenvalue weighted by Gasteiger charge is 2.41. The monoisotopic (exact) mass is 506 g/mol. The minimum atomic E-state index is -1.63. The molecule has 1 N–H and O–H groups in total. The molecular weight excluding hydrogens is 478 g/mol. The van der Waals surface area contributed by atoms with Gasteiger partial charge in [-0.1, -0.05) is 6.07 Å². The van der Waals surface area contributed by atoms with E-state index < -0.39 is 23.4 Å². The molecule has 5 nitrogen and oxygen atoms in total. The van der Waals surface area contributed by atoms with Crippen molar-refractivity contribution in [1.82, 2.24) is 9.88 Å². The number of carbonyl (C=O) groups is 1. The number of thiophene rings is 1. The number of hydrogen-bond donors (Lipinski definition) is 1. The van der Waals surface area contributed by atoms with Crippen molar-refractivity contribution in [1.29, 1.82) is 0 Å². The Kier molecular flexibility index (Phi) is 8.06. The SMILES string of the molecule is COc1ccc2ncc(F)c([C@H](F)CCC3(C(=O)O)CCN(CCSc4cccs4)CC3)c2c1. The summed E-state index contributed by atoms with van der Waals surface area (Å²) in [5.74, 6) is -0.185. The zero-order valence-electron chi connectivity index (χ0n) is 19.0. The third-order valence-electron chi connectivity index (χ3n) is 6.67. The summed E-state index contributed by atoms with van der Waals surface area (Å²) in [6, 6.07) is 9.06. The lowest BCUT2D eigenvalue weighted by atomic mass is 9.74. The van der Waals surface area contributed by atoms with E-state index in [0.29, 0.717) is 42.6 Å². The van der Waals surface area contributed by atoms with Gasteiger partial charge in [0.15, 0.2) is 0 Å². The van der Waals surface area contributed by atoms with Gasteiger partial charge in [0.05, 0.1) is 28.4 Å². The zero-order chi connectivity index (χ0) is 24.1. The van der Waals surface area contributed by atoms with Crippen molar-refractivity contribution in [3.8, 4) is 5.75 Å². The molecule has 0 amide bonds. The molecule has 0 radical (unpaired) electrons. The van der Waals surface area contributed by atoms with Crippen LogP contribution < -0.4 is 4.74 Å². The zero-order valence-corrected chi connectivity index (χ0v) is 20.6. The Morgan fingerprint density at radius 2 is 2.15 bits per heavy atom. The fourth-order valence-electron chi connectivity index (χ4n) is 4.56. The summed E-state index contributed by atoms with van der Waals surface area (Å²) >= 11 is 3.52. The number of halogens is 2. The number of nitrogens with zero attached hydrogens (tertiary/aromatic N) is 2. The molecule has 0 saturated carbocycles. The summed E-state index contributed by atoms with van der Waals surface area (Å²) in [5, 5.41) is 12.4. The molecule has 0 spiro atoms. The fourth-order valence-corrected chi connectivity index (χ4v) is 6.42. The average Bonchev–Trinajstić information content (AvgIpc) is 3.36. The van der Waals surface area contributed by atoms with Crippen LogP contribution in [0.3, 0.4) is 0 Å². The van der Waals surface area contributed by atoms with Gasteiger partial charge >= 0.3 is 5.97 Å². The van der Waals surface area contributed by atoms with Crippen molar-refractivity contribution in [2.75, 3.05) is 32.5 Å². The molecule has 0 aliphatic carbocycles. The molecule has 1 aromatic carbocycles. The molecule has 1 saturated heterocycles. The van der Waals surface area contributed by atoms with Crippen LogP contribution in [0.4, 0.5) is 8.78 Å². The number of ether oxygens (including phenoxy) is 1. The van der Waals surface area contributed by atoms with Gasteiger partial charge in [0.1, 0.15) is 17.7 Å². The maximum absolute atomic E-state index is 15.4. The summed E-state index contributed by atoms with van der Waals surface area (Å²) in [5.41, 5.74) is -0.590. The largest absolute Gasteiger partial charge is 0.497 e. The van der Waals surface area contributed by atoms with Crippen LogP contribution in [0.2, 0.25) is 0 Å². The number of thioether (sulfide) groups is 1. The first kappa shape index (κ1) is 24.9. The Bertz CT molecular complexity index is 1120. The van der Waals surface area contributed by atoms with Crippen molar-refractivity contribution >= 4 is 40.0 Å². The highest BCUT2D eigenvalue weighted by molar-refractivity contribution is 8.01. The van der Waals surface area contributed by atoms with Crippen LogP contribution in [0.15, 0.2) is 46.1 Å². The number of hydrogen-bond acceptors (Lipinski definition) is 6. The first-order chi connectivity index (χ1) is 16.4. The van der Waals surface area contributed by atoms with Gasteiger partial charge in [0, 0.05) is 23.2 Å². The predicted octanol–water partition coefficient (Wildman–Crippen LogP) is 6.19. The summed E-state index contributed by atoms with van der Waals surface area (Å²) in [7, 11) is 1.49. The number of carboxylic acids is 1. The number of likely N-dealkylation sites (tertiary alicyclic amines) is 1. The average molecular weight is 507 g/mol. The van der Waals surface area contributed by atoms with E-state index in [1.54, 1.807) is 41.3 Å². The number of aliphatic carboxylic acids is 1. The van der Waals surface area contributed by atoms with E-state index in [9.17, 15) is 14.3 Å². The highest BCUT2D eigenvalue weighted by atomic mass is 32.2. The normalized spacial score (nSPS) is 17.0. The third kappa shape index (κ3) is 5.53. The van der Waals surface area contributed by atoms with Crippen molar-refractivity contribution in [3.63, 3.8) is 0 Å². The molecule has 3 heterocycles. The number of piperidine rings is 1. The van der Waals surface area contributed by atoms with Gasteiger partial charge in [0.2, 0.25) is 0 Å². The van der Waals surface area contributed by atoms with E-state index in [1.807, 2.05) is 6.07 Å². The summed E-state index contributed by atoms with van der Waals surface area (Å²) < 4.78 is 36.5. The van der Waals surface area contributed by atoms with Crippen molar-refractivity contribution < 1.29 is 23.4 Å². The lowest BCUT2D eigenvalue weighted by Crippen LogP contribution is -2.45. The Hall–Kier alpha value is -2.23. The van der Waals surface area contributed by atoms with Gasteiger partial charge in [-0.3, -0.25) is 9.78 Å². The Labute approximate surface area is 206 Å². The van der Waals surface area contributed by atoms with E-state index in [2.05, 4.69) is 21.3 Å². The predicted molar refractivity (Wildman–Crippen MR) is 132 cm³/mol. The molecule has 3 aromatic rings. The van der Waals surface area contributed by atoms with Gasteiger partial charge in [-0.05, 0) is 68.4 Å². The van der Waals surface area contributed by atoms with Crippen molar-refractivity contribution in [3.05, 3.63) is 53.3 Å². The van der Waals surface area contributed by atoms with E-state index in [1.165, 1.54) is 11.3 Å². The number of methoxy groups -OCH3 is 1. The minimum absolute atomic E-state index is 0.0617. The first-order valence-electron chi connectivity index (χ1n) is 11.3. The van der Waals surface area contributed by atoms with Gasteiger partial charge in [-0.2, -0.15) is 0 Å². The third-order valence-corrected chi connectivity index (χ3v) is 8.78. The van der Waals surface area contributed by atoms with Crippen LogP contribution in [-0.4, -0.2) is 53.5 Å². The van der Waals surface area contributed by atoms with Crippen LogP contribution in [-0.2, 0) is 4.79 Å². The summed E-state index contributed by atoms with van der Waals surface area (Å²) in [4.78, 5) is 18.5. The van der Waals surface area contributed by atoms with Crippen LogP contribution in [0.25, 0.3) is 10.9 Å². The van der Waals surface area contributed by atoms with Crippen LogP contribution in [0, 0.1) is 11.2 Å². The maximum atomic E-state index is 15.4. The van der Waals surface area contributed by atoms with Crippen LogP contribution in [0.1, 0.15) is 37.4 Å². The molecule has 1 aliphatic heterocycles. The quantitative estimate of drug-likeness (QED) is 0.331. The van der Waals surface area contributed by atoms with Gasteiger partial charge < -0.3 is 14.7 Å². The summed E-state index contributed by atoms with van der Waals surface area (Å²) in [6.45, 7) is 2.22. The van der Waals surface area contributed by atoms with Gasteiger partial charge in [0.25, 0.3) is 0 Å². The minimum Gasteiger partial charge on any atom is -0.497 e. The maximum Gasteiger partial charge on any atom is 0.309 e. The van der Waals surface area contributed by atoms with Crippen molar-refractivity contribution in [2.45, 2.75) is 36.1 Å². The number of benzene rings is 1. The molecule has 34 heavy (non-hydrogen) atoms. The number of rotatable bonds is 10. The molecule has 1 fully saturated rings. The molecular formula is C25H28F2N2O3S2. The molecule has 0 unspecified atom stereocenters. The molecule has 9 heteroatoms. The lowest BCUT2D eigenvalue weighted by molar-refractivity contribution is -0.153. The van der Waals surface area contributed by atoms with Gasteiger partial charge in [-0.25, -0.2) is 8.78 Å². The smallest absolute Gasteiger partial charge is 0.309 e. The second-order valence-corrected chi connectivity index (χ2v) is 11.0. The molecule has 4 rings (SSSR count). The Morgan fingerprint density at radius 1 is 1.35 bits per heavy atom. The number of pyridine rings is 1. The fraction of sp³-hybridized carbons (Fsp3) is 0.440. The number of aromatic nitrogens is 1. The number of alkyl halides is 1. The molecule has 2 aromatic heterocycles. The van der Waals surface area contributed by atoms with Crippen LogP contribution >= 0.6 is 23.1 Å². The van der Waals surface area contributed by atoms with E-state index in [-0.39, 0.29) is 18.4 Å². The first-order valence-corrected chi connectivity index (χ1v) is 13.2. The summed E-state index contributed by atoms with van der Waals surface area (Å²) in [6.07, 6.45) is 0.422. The van der Waals surface area contributed by atoms with E-state index in [0.717, 1.165) is 18.5 Å². The van der Waals surface area contributed by atoms with Crippen molar-refractivity contribution in [2.24, 2.45) is 5.41 Å². The van der Waals surface area contributed by atoms with Crippen LogP contribution in [0.5, 0.6) is 5.75 Å². The lowest BCUT2D eigenvalue weighted by Gasteiger charge is -2.39. The molecule has 182 valence electrons. The number of carboxylic acid groups (broad SMARTS) is 1. The number of fused-ring (bicyclic) bond motifs is 1. The standard InChI is InChI=1S/C25H28F2N2O3S2/c1-32-17-4-5-21-18(15-17)23(20(27)16-28-21)19(26)6-7-25(24(30)31)8-10-29(11-9-25)12-14-34-22-3-2-13-33-22/h2-5,13,15-16,19H,6-12,14H2,1H3,(H,30,31)/t19-/m1/s1. The highest BCUT2D eigenvalue weighted by Crippen LogP contribution is 2.41. The Balaban J connectivity index is 1.39.